The molecule has 104 valence electrons. The maximum Gasteiger partial charge on any atom is 0.186 e. The molecule has 0 unspecified atom stereocenters. The Bertz CT molecular complexity index is 470. The molecular formula is C15H22N2OS. The number of allylic oxidation sites excluding steroid dienone is 1. The van der Waals surface area contributed by atoms with Crippen LogP contribution in [0.5, 0.6) is 0 Å². The lowest BCUT2D eigenvalue weighted by atomic mass is 10.0. The quantitative estimate of drug-likeness (QED) is 0.622. The van der Waals surface area contributed by atoms with Crippen LogP contribution in [0.1, 0.15) is 43.7 Å². The number of aryl methyl sites for hydroxylation is 1. The summed E-state index contributed by atoms with van der Waals surface area (Å²) in [6.45, 7) is 8.34. The molecule has 19 heavy (non-hydrogen) atoms. The number of hydrogen-bond acceptors (Lipinski definition) is 4. The lowest BCUT2D eigenvalue weighted by Crippen LogP contribution is -2.29. The highest BCUT2D eigenvalue weighted by molar-refractivity contribution is 7.16. The number of aldehydes is 1. The van der Waals surface area contributed by atoms with E-state index in [1.165, 1.54) is 19.3 Å². The van der Waals surface area contributed by atoms with Gasteiger partial charge < -0.3 is 4.90 Å². The number of nitrogens with zero attached hydrogens (tertiary/aromatic N) is 2. The molecule has 3 nitrogen and oxygen atoms in total. The van der Waals surface area contributed by atoms with E-state index in [-0.39, 0.29) is 5.92 Å². The molecule has 0 aliphatic carbocycles. The maximum atomic E-state index is 11.1. The second-order valence-corrected chi connectivity index (χ2v) is 6.42. The van der Waals surface area contributed by atoms with Crippen LogP contribution in [0.3, 0.4) is 0 Å². The molecule has 0 saturated carbocycles. The van der Waals surface area contributed by atoms with Gasteiger partial charge in [-0.2, -0.15) is 0 Å². The van der Waals surface area contributed by atoms with E-state index in [0.29, 0.717) is 0 Å². The number of piperidine rings is 1. The van der Waals surface area contributed by atoms with E-state index in [9.17, 15) is 4.79 Å². The number of carbonyl (C=O) groups excluding carboxylic acids is 1. The van der Waals surface area contributed by atoms with Crippen molar-refractivity contribution in [3.63, 3.8) is 0 Å². The Morgan fingerprint density at radius 2 is 2.00 bits per heavy atom. The summed E-state index contributed by atoms with van der Waals surface area (Å²) in [7, 11) is 0. The minimum atomic E-state index is 0.262. The standard InChI is InChI=1S/C15H22N2OS/c1-11(2)13(10-18)9-14-12(3)16-15(19-14)17-7-5-4-6-8-17/h9-11H,4-8H2,1-3H3. The van der Waals surface area contributed by atoms with Gasteiger partial charge in [0.25, 0.3) is 0 Å². The Morgan fingerprint density at radius 1 is 1.32 bits per heavy atom. The minimum Gasteiger partial charge on any atom is -0.348 e. The van der Waals surface area contributed by atoms with Gasteiger partial charge in [0.15, 0.2) is 5.13 Å². The number of aromatic nitrogens is 1. The van der Waals surface area contributed by atoms with Crippen LogP contribution in [0.2, 0.25) is 0 Å². The van der Waals surface area contributed by atoms with Crippen LogP contribution in [0.4, 0.5) is 5.13 Å². The predicted octanol–water partition coefficient (Wildman–Crippen LogP) is 3.68. The molecule has 1 aliphatic heterocycles. The fourth-order valence-electron chi connectivity index (χ4n) is 2.24. The van der Waals surface area contributed by atoms with E-state index in [1.54, 1.807) is 11.3 Å². The summed E-state index contributed by atoms with van der Waals surface area (Å²) in [5.41, 5.74) is 1.88. The third kappa shape index (κ3) is 3.44. The molecule has 2 heterocycles. The fraction of sp³-hybridized carbons (Fsp3) is 0.600. The highest BCUT2D eigenvalue weighted by Crippen LogP contribution is 2.30. The highest BCUT2D eigenvalue weighted by atomic mass is 32.1. The highest BCUT2D eigenvalue weighted by Gasteiger charge is 2.16. The Kier molecular flexibility index (Phi) is 4.75. The first-order valence-electron chi connectivity index (χ1n) is 7.01. The first kappa shape index (κ1) is 14.3. The third-order valence-electron chi connectivity index (χ3n) is 3.55. The van der Waals surface area contributed by atoms with Crippen molar-refractivity contribution >= 4 is 28.8 Å². The normalized spacial score (nSPS) is 17.1. The molecule has 0 radical (unpaired) electrons. The minimum absolute atomic E-state index is 0.262. The topological polar surface area (TPSA) is 33.2 Å². The Balaban J connectivity index is 2.23. The van der Waals surface area contributed by atoms with E-state index >= 15 is 0 Å². The molecule has 0 spiro atoms. The van der Waals surface area contributed by atoms with E-state index in [2.05, 4.69) is 9.88 Å². The van der Waals surface area contributed by atoms with E-state index in [4.69, 9.17) is 0 Å². The van der Waals surface area contributed by atoms with Gasteiger partial charge in [0.05, 0.1) is 10.6 Å². The van der Waals surface area contributed by atoms with Gasteiger partial charge in [-0.15, -0.1) is 0 Å². The Labute approximate surface area is 119 Å². The number of anilines is 1. The van der Waals surface area contributed by atoms with Crippen LogP contribution in [0.15, 0.2) is 5.57 Å². The zero-order valence-electron chi connectivity index (χ0n) is 12.0. The lowest BCUT2D eigenvalue weighted by Gasteiger charge is -2.25. The summed E-state index contributed by atoms with van der Waals surface area (Å²) in [5, 5.41) is 1.11. The van der Waals surface area contributed by atoms with Crippen LogP contribution in [-0.4, -0.2) is 24.4 Å². The molecule has 0 N–H and O–H groups in total. The predicted molar refractivity (Wildman–Crippen MR) is 81.8 cm³/mol. The molecule has 1 saturated heterocycles. The first-order valence-corrected chi connectivity index (χ1v) is 7.82. The third-order valence-corrected chi connectivity index (χ3v) is 4.71. The van der Waals surface area contributed by atoms with Gasteiger partial charge in [-0.05, 0) is 43.8 Å². The average molecular weight is 278 g/mol. The van der Waals surface area contributed by atoms with Crippen LogP contribution in [0, 0.1) is 12.8 Å². The second-order valence-electron chi connectivity index (χ2n) is 5.41. The van der Waals surface area contributed by atoms with Gasteiger partial charge in [0.2, 0.25) is 0 Å². The Hall–Kier alpha value is -1.16. The molecule has 1 aliphatic rings. The van der Waals surface area contributed by atoms with Crippen molar-refractivity contribution < 1.29 is 4.79 Å². The maximum absolute atomic E-state index is 11.1. The number of thiazole rings is 1. The van der Waals surface area contributed by atoms with Crippen molar-refractivity contribution in [1.82, 2.24) is 4.98 Å². The molecule has 1 fully saturated rings. The first-order chi connectivity index (χ1) is 9.11. The van der Waals surface area contributed by atoms with Crippen molar-refractivity contribution in [3.8, 4) is 0 Å². The molecule has 1 aromatic rings. The van der Waals surface area contributed by atoms with E-state index < -0.39 is 0 Å². The van der Waals surface area contributed by atoms with Gasteiger partial charge in [0.1, 0.15) is 6.29 Å². The molecule has 0 aromatic carbocycles. The van der Waals surface area contributed by atoms with Crippen molar-refractivity contribution in [2.45, 2.75) is 40.0 Å². The van der Waals surface area contributed by atoms with Crippen LogP contribution >= 0.6 is 11.3 Å². The average Bonchev–Trinajstić information content (AvgIpc) is 2.78. The van der Waals surface area contributed by atoms with Crippen molar-refractivity contribution in [3.05, 3.63) is 16.1 Å². The smallest absolute Gasteiger partial charge is 0.186 e. The number of rotatable bonds is 4. The molecule has 0 amide bonds. The largest absolute Gasteiger partial charge is 0.348 e. The summed E-state index contributed by atoms with van der Waals surface area (Å²) < 4.78 is 0. The van der Waals surface area contributed by atoms with Crippen LogP contribution in [0.25, 0.3) is 6.08 Å². The van der Waals surface area contributed by atoms with Crippen LogP contribution < -0.4 is 4.90 Å². The second kappa shape index (κ2) is 6.33. The van der Waals surface area contributed by atoms with Crippen LogP contribution in [-0.2, 0) is 4.79 Å². The zero-order valence-corrected chi connectivity index (χ0v) is 12.8. The monoisotopic (exact) mass is 278 g/mol. The lowest BCUT2D eigenvalue weighted by molar-refractivity contribution is -0.105. The van der Waals surface area contributed by atoms with E-state index in [1.807, 2.05) is 26.8 Å². The van der Waals surface area contributed by atoms with Gasteiger partial charge in [-0.25, -0.2) is 4.98 Å². The molecular weight excluding hydrogens is 256 g/mol. The van der Waals surface area contributed by atoms with Crippen molar-refractivity contribution in [2.75, 3.05) is 18.0 Å². The SMILES string of the molecule is Cc1nc(N2CCCCC2)sc1C=C(C=O)C(C)C. The van der Waals surface area contributed by atoms with Gasteiger partial charge in [0, 0.05) is 13.1 Å². The summed E-state index contributed by atoms with van der Waals surface area (Å²) in [4.78, 5) is 19.2. The fourth-order valence-corrected chi connectivity index (χ4v) is 3.32. The number of carbonyl (C=O) groups is 1. The zero-order chi connectivity index (χ0) is 13.8. The molecule has 0 atom stereocenters. The van der Waals surface area contributed by atoms with Crippen molar-refractivity contribution in [2.24, 2.45) is 5.92 Å². The molecule has 2 rings (SSSR count). The summed E-state index contributed by atoms with van der Waals surface area (Å²) in [6.07, 6.45) is 6.81. The molecule has 4 heteroatoms. The molecule has 0 bridgehead atoms. The summed E-state index contributed by atoms with van der Waals surface area (Å²) in [6, 6.07) is 0. The van der Waals surface area contributed by atoms with Gasteiger partial charge in [-0.1, -0.05) is 25.2 Å². The van der Waals surface area contributed by atoms with E-state index in [0.717, 1.165) is 40.7 Å². The number of hydrogen-bond donors (Lipinski definition) is 0. The van der Waals surface area contributed by atoms with Crippen molar-refractivity contribution in [1.29, 1.82) is 0 Å². The van der Waals surface area contributed by atoms with Gasteiger partial charge in [-0.3, -0.25) is 4.79 Å². The summed E-state index contributed by atoms with van der Waals surface area (Å²) >= 11 is 1.71. The van der Waals surface area contributed by atoms with Gasteiger partial charge >= 0.3 is 0 Å². The Morgan fingerprint density at radius 3 is 2.58 bits per heavy atom. The summed E-state index contributed by atoms with van der Waals surface area (Å²) in [5.74, 6) is 0.262. The molecule has 1 aromatic heterocycles.